The Labute approximate surface area is 119 Å². The molecule has 2 saturated carbocycles. The molecule has 2 atom stereocenters. The monoisotopic (exact) mass is 275 g/mol. The fraction of sp³-hybridized carbons (Fsp3) is 0.800. The summed E-state index contributed by atoms with van der Waals surface area (Å²) in [5.74, 6) is 0.981. The van der Waals surface area contributed by atoms with Crippen LogP contribution >= 0.6 is 0 Å². The molecule has 3 aliphatic rings. The van der Waals surface area contributed by atoms with E-state index in [0.29, 0.717) is 44.9 Å². The maximum Gasteiger partial charge on any atom is 0.243 e. The van der Waals surface area contributed by atoms with Gasteiger partial charge in [-0.1, -0.05) is 6.92 Å². The molecule has 0 unspecified atom stereocenters. The summed E-state index contributed by atoms with van der Waals surface area (Å²) in [5, 5.41) is 9.23. The van der Waals surface area contributed by atoms with Gasteiger partial charge in [-0.15, -0.1) is 0 Å². The molecule has 20 heavy (non-hydrogen) atoms. The summed E-state index contributed by atoms with van der Waals surface area (Å²) in [6.45, 7) is 4.50. The van der Waals surface area contributed by atoms with Gasteiger partial charge in [-0.3, -0.25) is 9.59 Å². The third-order valence-corrected chi connectivity index (χ3v) is 5.14. The molecule has 1 saturated heterocycles. The highest BCUT2D eigenvalue weighted by molar-refractivity contribution is 5.87. The number of hydrogen-bond donors (Lipinski definition) is 0. The summed E-state index contributed by atoms with van der Waals surface area (Å²) < 4.78 is 0. The van der Waals surface area contributed by atoms with Crippen LogP contribution in [-0.4, -0.2) is 47.8 Å². The minimum absolute atomic E-state index is 0.0156. The molecule has 0 aromatic rings. The highest BCUT2D eigenvalue weighted by Gasteiger charge is 2.48. The summed E-state index contributed by atoms with van der Waals surface area (Å²) in [7, 11) is 0. The fourth-order valence-corrected chi connectivity index (χ4v) is 3.24. The molecule has 0 spiro atoms. The summed E-state index contributed by atoms with van der Waals surface area (Å²) in [5.41, 5.74) is -0.753. The van der Waals surface area contributed by atoms with E-state index in [9.17, 15) is 14.9 Å². The second-order valence-electron chi connectivity index (χ2n) is 6.48. The Balaban J connectivity index is 1.55. The van der Waals surface area contributed by atoms with Gasteiger partial charge in [0.25, 0.3) is 0 Å². The Hall–Kier alpha value is -1.57. The van der Waals surface area contributed by atoms with Gasteiger partial charge in [-0.25, -0.2) is 0 Å². The third-order valence-electron chi connectivity index (χ3n) is 5.14. The zero-order chi connectivity index (χ0) is 14.3. The maximum absolute atomic E-state index is 12.4. The molecule has 1 heterocycles. The van der Waals surface area contributed by atoms with Crippen molar-refractivity contribution in [3.05, 3.63) is 0 Å². The lowest BCUT2D eigenvalue weighted by Gasteiger charge is -2.41. The average Bonchev–Trinajstić information content (AvgIpc) is 3.14. The van der Waals surface area contributed by atoms with Crippen molar-refractivity contribution in [3.8, 4) is 6.07 Å². The predicted octanol–water partition coefficient (Wildman–Crippen LogP) is 1.01. The van der Waals surface area contributed by atoms with Crippen molar-refractivity contribution < 1.29 is 9.59 Å². The van der Waals surface area contributed by atoms with E-state index in [1.54, 1.807) is 4.90 Å². The third kappa shape index (κ3) is 2.07. The molecule has 2 aliphatic carbocycles. The van der Waals surface area contributed by atoms with Crippen molar-refractivity contribution in [2.24, 2.45) is 17.3 Å². The Bertz CT molecular complexity index is 470. The smallest absolute Gasteiger partial charge is 0.243 e. The molecule has 3 fully saturated rings. The summed E-state index contributed by atoms with van der Waals surface area (Å²) in [6.07, 6.45) is 3.37. The van der Waals surface area contributed by atoms with Crippen LogP contribution in [0.4, 0.5) is 0 Å². The molecule has 2 amide bonds. The van der Waals surface area contributed by atoms with Crippen LogP contribution < -0.4 is 0 Å². The van der Waals surface area contributed by atoms with Crippen molar-refractivity contribution >= 4 is 11.8 Å². The van der Waals surface area contributed by atoms with Crippen LogP contribution in [0.25, 0.3) is 0 Å². The number of amides is 2. The van der Waals surface area contributed by atoms with E-state index in [-0.39, 0.29) is 17.7 Å². The van der Waals surface area contributed by atoms with Crippen molar-refractivity contribution in [2.45, 2.75) is 32.6 Å². The van der Waals surface area contributed by atoms with Crippen LogP contribution in [0.5, 0.6) is 0 Å². The van der Waals surface area contributed by atoms with E-state index < -0.39 is 5.41 Å². The van der Waals surface area contributed by atoms with Crippen molar-refractivity contribution in [1.29, 1.82) is 5.26 Å². The molecule has 0 aromatic heterocycles. The number of rotatable bonds is 2. The molecule has 5 heteroatoms. The molecule has 0 aromatic carbocycles. The van der Waals surface area contributed by atoms with Crippen molar-refractivity contribution in [1.82, 2.24) is 9.80 Å². The number of hydrogen-bond acceptors (Lipinski definition) is 3. The van der Waals surface area contributed by atoms with Crippen LogP contribution in [0.15, 0.2) is 0 Å². The van der Waals surface area contributed by atoms with Crippen molar-refractivity contribution in [2.75, 3.05) is 26.2 Å². The molecule has 0 bridgehead atoms. The summed E-state index contributed by atoms with van der Waals surface area (Å²) in [4.78, 5) is 28.2. The molecule has 5 nitrogen and oxygen atoms in total. The van der Waals surface area contributed by atoms with Gasteiger partial charge < -0.3 is 9.80 Å². The predicted molar refractivity (Wildman–Crippen MR) is 72.3 cm³/mol. The van der Waals surface area contributed by atoms with E-state index in [4.69, 9.17) is 0 Å². The number of piperazine rings is 1. The van der Waals surface area contributed by atoms with Crippen LogP contribution in [0.2, 0.25) is 0 Å². The normalized spacial score (nSPS) is 31.2. The van der Waals surface area contributed by atoms with Crippen LogP contribution in [-0.2, 0) is 9.59 Å². The molecular formula is C15H21N3O2. The first-order valence-corrected chi connectivity index (χ1v) is 7.57. The zero-order valence-corrected chi connectivity index (χ0v) is 12.0. The zero-order valence-electron chi connectivity index (χ0n) is 12.0. The lowest BCUT2D eigenvalue weighted by atomic mass is 9.69. The largest absolute Gasteiger partial charge is 0.339 e. The molecule has 0 radical (unpaired) electrons. The van der Waals surface area contributed by atoms with E-state index in [2.05, 4.69) is 13.0 Å². The van der Waals surface area contributed by atoms with Gasteiger partial charge in [-0.05, 0) is 31.6 Å². The highest BCUT2D eigenvalue weighted by Crippen LogP contribution is 2.42. The molecule has 1 aliphatic heterocycles. The van der Waals surface area contributed by atoms with E-state index in [1.807, 2.05) is 4.90 Å². The lowest BCUT2D eigenvalue weighted by Crippen LogP contribution is -2.55. The number of carbonyl (C=O) groups is 2. The van der Waals surface area contributed by atoms with Gasteiger partial charge in [0.05, 0.1) is 6.07 Å². The second-order valence-corrected chi connectivity index (χ2v) is 6.48. The first-order chi connectivity index (χ1) is 9.57. The minimum atomic E-state index is -0.753. The number of nitrogens with zero attached hydrogens (tertiary/aromatic N) is 3. The Morgan fingerprint density at radius 2 is 1.70 bits per heavy atom. The maximum atomic E-state index is 12.4. The molecule has 108 valence electrons. The van der Waals surface area contributed by atoms with Gasteiger partial charge in [-0.2, -0.15) is 5.26 Å². The quantitative estimate of drug-likeness (QED) is 0.755. The van der Waals surface area contributed by atoms with Gasteiger partial charge in [0.15, 0.2) is 0 Å². The fourth-order valence-electron chi connectivity index (χ4n) is 3.24. The standard InChI is InChI=1S/C15H21N3O2/c1-11-9-12(11)13(19)17-5-7-18(8-6-17)14(20)15(10-16)3-2-4-15/h11-12H,2-9H2,1H3/t11-,12-/m1/s1. The van der Waals surface area contributed by atoms with Gasteiger partial charge >= 0.3 is 0 Å². The Morgan fingerprint density at radius 3 is 2.10 bits per heavy atom. The Morgan fingerprint density at radius 1 is 1.15 bits per heavy atom. The van der Waals surface area contributed by atoms with Crippen LogP contribution in [0, 0.1) is 28.6 Å². The van der Waals surface area contributed by atoms with E-state index in [0.717, 1.165) is 12.8 Å². The SMILES string of the molecule is C[C@@H]1C[C@H]1C(=O)N1CCN(C(=O)C2(C#N)CCC2)CC1. The minimum Gasteiger partial charge on any atom is -0.339 e. The van der Waals surface area contributed by atoms with Crippen molar-refractivity contribution in [3.63, 3.8) is 0 Å². The number of carbonyl (C=O) groups excluding carboxylic acids is 2. The molecule has 0 N–H and O–H groups in total. The Kier molecular flexibility index (Phi) is 3.19. The molecule has 3 rings (SSSR count). The number of nitriles is 1. The summed E-state index contributed by atoms with van der Waals surface area (Å²) in [6, 6.07) is 2.21. The van der Waals surface area contributed by atoms with E-state index >= 15 is 0 Å². The van der Waals surface area contributed by atoms with Gasteiger partial charge in [0, 0.05) is 32.1 Å². The lowest BCUT2D eigenvalue weighted by molar-refractivity contribution is -0.148. The second kappa shape index (κ2) is 4.76. The topological polar surface area (TPSA) is 64.4 Å². The van der Waals surface area contributed by atoms with Gasteiger partial charge in [0.1, 0.15) is 5.41 Å². The average molecular weight is 275 g/mol. The van der Waals surface area contributed by atoms with Gasteiger partial charge in [0.2, 0.25) is 11.8 Å². The van der Waals surface area contributed by atoms with Crippen LogP contribution in [0.3, 0.4) is 0 Å². The summed E-state index contributed by atoms with van der Waals surface area (Å²) >= 11 is 0. The van der Waals surface area contributed by atoms with Crippen LogP contribution in [0.1, 0.15) is 32.6 Å². The first-order valence-electron chi connectivity index (χ1n) is 7.57. The highest BCUT2D eigenvalue weighted by atomic mass is 16.2. The van der Waals surface area contributed by atoms with E-state index in [1.165, 1.54) is 0 Å². The first kappa shape index (κ1) is 13.4. The molecular weight excluding hydrogens is 254 g/mol.